The number of aromatic amines is 2. The summed E-state index contributed by atoms with van der Waals surface area (Å²) in [6, 6.07) is 9.76. The maximum atomic E-state index is 13.2. The van der Waals surface area contributed by atoms with Crippen LogP contribution < -0.4 is 10.9 Å². The van der Waals surface area contributed by atoms with Gasteiger partial charge in [-0.2, -0.15) is 0 Å². The average molecular weight is 360 g/mol. The summed E-state index contributed by atoms with van der Waals surface area (Å²) in [5, 5.41) is 9.89. The molecule has 3 aromatic rings. The lowest BCUT2D eigenvalue weighted by Crippen LogP contribution is -2.35. The first kappa shape index (κ1) is 16.1. The standard InChI is InChI=1S/C21H20N4O2/c1-21(2)9-14-17(15(26)10-21)16(18-19(23-14)24-25-20(18)27)12-7-8-22-13-6-4-3-5-11(12)13/h3-8,16H,9-10H2,1-2H3,(H3,23,24,25,27). The Morgan fingerprint density at radius 2 is 1.89 bits per heavy atom. The molecule has 6 heteroatoms. The minimum absolute atomic E-state index is 0.103. The van der Waals surface area contributed by atoms with E-state index in [-0.39, 0.29) is 16.8 Å². The van der Waals surface area contributed by atoms with E-state index in [9.17, 15) is 9.59 Å². The van der Waals surface area contributed by atoms with Crippen LogP contribution in [-0.4, -0.2) is 21.0 Å². The summed E-state index contributed by atoms with van der Waals surface area (Å²) in [4.78, 5) is 30.2. The molecule has 0 saturated carbocycles. The van der Waals surface area contributed by atoms with Gasteiger partial charge in [-0.25, -0.2) is 0 Å². The number of fused-ring (bicyclic) bond motifs is 2. The second kappa shape index (κ2) is 5.42. The first-order valence-electron chi connectivity index (χ1n) is 9.12. The van der Waals surface area contributed by atoms with Gasteiger partial charge in [-0.05, 0) is 29.5 Å². The molecule has 3 heterocycles. The van der Waals surface area contributed by atoms with Gasteiger partial charge in [-0.15, -0.1) is 0 Å². The number of carbonyl (C=O) groups is 1. The number of H-pyrrole nitrogens is 2. The van der Waals surface area contributed by atoms with Crippen molar-refractivity contribution in [2.24, 2.45) is 5.41 Å². The third kappa shape index (κ3) is 2.36. The number of allylic oxidation sites excluding steroid dienone is 2. The van der Waals surface area contributed by atoms with Gasteiger partial charge in [0.25, 0.3) is 5.56 Å². The van der Waals surface area contributed by atoms with Crippen molar-refractivity contribution in [2.75, 3.05) is 5.32 Å². The molecule has 0 spiro atoms. The van der Waals surface area contributed by atoms with Crippen molar-refractivity contribution >= 4 is 22.5 Å². The number of ketones is 1. The van der Waals surface area contributed by atoms with E-state index >= 15 is 0 Å². The van der Waals surface area contributed by atoms with Crippen LogP contribution in [0.4, 0.5) is 5.82 Å². The molecule has 2 aliphatic rings. The summed E-state index contributed by atoms with van der Waals surface area (Å²) < 4.78 is 0. The number of hydrogen-bond acceptors (Lipinski definition) is 4. The molecule has 1 aromatic carbocycles. The topological polar surface area (TPSA) is 90.6 Å². The van der Waals surface area contributed by atoms with Crippen LogP contribution in [0.15, 0.2) is 52.6 Å². The largest absolute Gasteiger partial charge is 0.343 e. The summed E-state index contributed by atoms with van der Waals surface area (Å²) in [7, 11) is 0. The molecule has 5 rings (SSSR count). The Kier molecular flexibility index (Phi) is 3.22. The summed E-state index contributed by atoms with van der Waals surface area (Å²) >= 11 is 0. The smallest absolute Gasteiger partial charge is 0.270 e. The van der Waals surface area contributed by atoms with Crippen LogP contribution in [0.1, 0.15) is 43.7 Å². The van der Waals surface area contributed by atoms with Crippen molar-refractivity contribution in [1.29, 1.82) is 0 Å². The van der Waals surface area contributed by atoms with Crippen LogP contribution in [0, 0.1) is 5.41 Å². The van der Waals surface area contributed by atoms with E-state index in [1.54, 1.807) is 6.20 Å². The van der Waals surface area contributed by atoms with E-state index in [4.69, 9.17) is 0 Å². The van der Waals surface area contributed by atoms with E-state index in [0.717, 1.165) is 28.6 Å². The molecule has 2 aromatic heterocycles. The van der Waals surface area contributed by atoms with Crippen molar-refractivity contribution in [3.63, 3.8) is 0 Å². The normalized spacial score (nSPS) is 21.0. The molecule has 0 radical (unpaired) electrons. The lowest BCUT2D eigenvalue weighted by Gasteiger charge is -2.38. The van der Waals surface area contributed by atoms with Crippen molar-refractivity contribution in [2.45, 2.75) is 32.6 Å². The van der Waals surface area contributed by atoms with Crippen LogP contribution in [0.3, 0.4) is 0 Å². The third-order valence-corrected chi connectivity index (χ3v) is 5.58. The molecule has 1 aliphatic carbocycles. The Balaban J connectivity index is 1.83. The fraction of sp³-hybridized carbons (Fsp3) is 0.286. The zero-order valence-electron chi connectivity index (χ0n) is 15.2. The number of Topliss-reactive ketones (excluding diaryl/α,β-unsaturated/α-hetero) is 1. The zero-order chi connectivity index (χ0) is 18.8. The lowest BCUT2D eigenvalue weighted by atomic mass is 9.69. The van der Waals surface area contributed by atoms with Crippen molar-refractivity contribution in [3.05, 3.63) is 69.3 Å². The molecule has 27 heavy (non-hydrogen) atoms. The fourth-order valence-corrected chi connectivity index (χ4v) is 4.50. The first-order valence-corrected chi connectivity index (χ1v) is 9.12. The van der Waals surface area contributed by atoms with Crippen molar-refractivity contribution in [1.82, 2.24) is 15.2 Å². The molecule has 6 nitrogen and oxygen atoms in total. The molecule has 1 aliphatic heterocycles. The molecule has 136 valence electrons. The van der Waals surface area contributed by atoms with Crippen LogP contribution in [-0.2, 0) is 4.79 Å². The number of aromatic nitrogens is 3. The zero-order valence-corrected chi connectivity index (χ0v) is 15.2. The van der Waals surface area contributed by atoms with Gasteiger partial charge in [0.2, 0.25) is 0 Å². The van der Waals surface area contributed by atoms with Gasteiger partial charge in [-0.1, -0.05) is 32.0 Å². The molecule has 0 amide bonds. The highest BCUT2D eigenvalue weighted by Gasteiger charge is 2.42. The monoisotopic (exact) mass is 360 g/mol. The predicted molar refractivity (Wildman–Crippen MR) is 104 cm³/mol. The van der Waals surface area contributed by atoms with Gasteiger partial charge in [-0.3, -0.25) is 24.8 Å². The molecule has 0 saturated heterocycles. The van der Waals surface area contributed by atoms with Crippen LogP contribution >= 0.6 is 0 Å². The van der Waals surface area contributed by atoms with Crippen LogP contribution in [0.5, 0.6) is 0 Å². The maximum Gasteiger partial charge on any atom is 0.270 e. The lowest BCUT2D eigenvalue weighted by molar-refractivity contribution is -0.118. The molecule has 3 N–H and O–H groups in total. The quantitative estimate of drug-likeness (QED) is 0.620. The van der Waals surface area contributed by atoms with Gasteiger partial charge in [0.15, 0.2) is 5.78 Å². The number of nitrogens with zero attached hydrogens (tertiary/aromatic N) is 1. The van der Waals surface area contributed by atoms with Gasteiger partial charge in [0.05, 0.1) is 11.1 Å². The SMILES string of the molecule is CC1(C)CC(=O)C2=C(C1)Nc1[nH][nH]c(=O)c1C2c1ccnc2ccccc12. The number of hydrogen-bond donors (Lipinski definition) is 3. The van der Waals surface area contributed by atoms with Crippen LogP contribution in [0.25, 0.3) is 10.9 Å². The second-order valence-electron chi connectivity index (χ2n) is 8.18. The highest BCUT2D eigenvalue weighted by molar-refractivity contribution is 6.02. The van der Waals surface area contributed by atoms with Gasteiger partial charge >= 0.3 is 0 Å². The van der Waals surface area contributed by atoms with E-state index < -0.39 is 5.92 Å². The van der Waals surface area contributed by atoms with E-state index in [0.29, 0.717) is 23.4 Å². The maximum absolute atomic E-state index is 13.2. The molecule has 0 fully saturated rings. The molecule has 1 atom stereocenters. The summed E-state index contributed by atoms with van der Waals surface area (Å²) in [5.74, 6) is 0.351. The summed E-state index contributed by atoms with van der Waals surface area (Å²) in [5.41, 5.74) is 3.67. The highest BCUT2D eigenvalue weighted by atomic mass is 16.1. The number of para-hydroxylation sites is 1. The summed E-state index contributed by atoms with van der Waals surface area (Å²) in [6.45, 7) is 4.20. The first-order chi connectivity index (χ1) is 12.9. The Hall–Kier alpha value is -3.15. The van der Waals surface area contributed by atoms with E-state index in [1.165, 1.54) is 0 Å². The Bertz CT molecular complexity index is 1180. The Labute approximate surface area is 155 Å². The average Bonchev–Trinajstić information content (AvgIpc) is 2.99. The number of carbonyl (C=O) groups excluding carboxylic acids is 1. The summed E-state index contributed by atoms with van der Waals surface area (Å²) in [6.07, 6.45) is 2.99. The Morgan fingerprint density at radius 1 is 1.07 bits per heavy atom. The number of rotatable bonds is 1. The van der Waals surface area contributed by atoms with E-state index in [1.807, 2.05) is 30.3 Å². The minimum Gasteiger partial charge on any atom is -0.343 e. The van der Waals surface area contributed by atoms with Gasteiger partial charge in [0.1, 0.15) is 5.82 Å². The Morgan fingerprint density at radius 3 is 2.74 bits per heavy atom. The predicted octanol–water partition coefficient (Wildman–Crippen LogP) is 3.45. The number of benzene rings is 1. The molecular formula is C21H20N4O2. The third-order valence-electron chi connectivity index (χ3n) is 5.58. The van der Waals surface area contributed by atoms with Crippen molar-refractivity contribution in [3.8, 4) is 0 Å². The molecule has 0 bridgehead atoms. The highest BCUT2D eigenvalue weighted by Crippen LogP contribution is 2.48. The number of pyridine rings is 1. The molecule has 1 unspecified atom stereocenters. The number of anilines is 1. The van der Waals surface area contributed by atoms with Crippen molar-refractivity contribution < 1.29 is 4.79 Å². The fourth-order valence-electron chi connectivity index (χ4n) is 4.50. The number of nitrogens with one attached hydrogen (secondary N) is 3. The van der Waals surface area contributed by atoms with Gasteiger partial charge in [0, 0.05) is 35.2 Å². The minimum atomic E-state index is -0.400. The van der Waals surface area contributed by atoms with Gasteiger partial charge < -0.3 is 5.32 Å². The van der Waals surface area contributed by atoms with E-state index in [2.05, 4.69) is 34.3 Å². The molecular weight excluding hydrogens is 340 g/mol. The van der Waals surface area contributed by atoms with Crippen LogP contribution in [0.2, 0.25) is 0 Å². The second-order valence-corrected chi connectivity index (χ2v) is 8.18.